The summed E-state index contributed by atoms with van der Waals surface area (Å²) in [5.41, 5.74) is 5.91. The van der Waals surface area contributed by atoms with Crippen molar-refractivity contribution in [2.75, 3.05) is 56.2 Å². The molecule has 0 aliphatic carbocycles. The second-order valence-electron chi connectivity index (χ2n) is 5.18. The Morgan fingerprint density at radius 1 is 1.29 bits per heavy atom. The molecule has 0 spiro atoms. The zero-order valence-electron chi connectivity index (χ0n) is 12.5. The Balaban J connectivity index is 2.36. The van der Waals surface area contributed by atoms with Gasteiger partial charge in [-0.15, -0.1) is 0 Å². The van der Waals surface area contributed by atoms with Crippen LogP contribution in [-0.4, -0.2) is 73.8 Å². The maximum Gasteiger partial charge on any atom is 0.182 e. The fraction of sp³-hybridized carbons (Fsp3) is 0.750. The number of nitrogens with two attached hydrogens (primary N) is 1. The molecule has 2 heterocycles. The van der Waals surface area contributed by atoms with Gasteiger partial charge in [0.05, 0.1) is 13.2 Å². The third-order valence-electron chi connectivity index (χ3n) is 3.73. The van der Waals surface area contributed by atoms with Gasteiger partial charge in [-0.25, -0.2) is 13.1 Å². The van der Waals surface area contributed by atoms with Crippen LogP contribution in [-0.2, 0) is 16.4 Å². The van der Waals surface area contributed by atoms with Crippen LogP contribution < -0.4 is 10.6 Å². The Hall–Kier alpha value is -1.32. The summed E-state index contributed by atoms with van der Waals surface area (Å²) >= 11 is 0. The number of aromatic nitrogens is 2. The summed E-state index contributed by atoms with van der Waals surface area (Å²) in [7, 11) is -3.48. The number of hydrogen-bond donors (Lipinski definition) is 2. The van der Waals surface area contributed by atoms with Crippen LogP contribution in [0, 0.1) is 0 Å². The predicted octanol–water partition coefficient (Wildman–Crippen LogP) is -0.997. The molecule has 0 atom stereocenters. The average Bonchev–Trinajstić information content (AvgIpc) is 2.76. The molecule has 0 amide bonds. The van der Waals surface area contributed by atoms with E-state index in [1.165, 1.54) is 4.68 Å². The molecule has 8 nitrogen and oxygen atoms in total. The highest BCUT2D eigenvalue weighted by Crippen LogP contribution is 2.30. The minimum absolute atomic E-state index is 0.0703. The van der Waals surface area contributed by atoms with Gasteiger partial charge in [-0.2, -0.15) is 5.10 Å². The smallest absolute Gasteiger partial charge is 0.182 e. The van der Waals surface area contributed by atoms with Gasteiger partial charge in [-0.05, 0) is 6.54 Å². The van der Waals surface area contributed by atoms with E-state index < -0.39 is 9.84 Å². The van der Waals surface area contributed by atoms with Gasteiger partial charge < -0.3 is 20.6 Å². The van der Waals surface area contributed by atoms with Crippen LogP contribution in [0.15, 0.2) is 4.90 Å². The lowest BCUT2D eigenvalue weighted by Crippen LogP contribution is -2.46. The number of nitrogens with zero attached hydrogens (tertiary/aromatic N) is 4. The van der Waals surface area contributed by atoms with E-state index >= 15 is 0 Å². The second kappa shape index (κ2) is 6.20. The molecule has 0 aromatic carbocycles. The first-order valence-electron chi connectivity index (χ1n) is 7.03. The van der Waals surface area contributed by atoms with Crippen molar-refractivity contribution < 1.29 is 13.5 Å². The summed E-state index contributed by atoms with van der Waals surface area (Å²) in [6.07, 6.45) is 1.13. The highest BCUT2D eigenvalue weighted by Gasteiger charge is 2.29. The summed E-state index contributed by atoms with van der Waals surface area (Å²) in [6.45, 7) is 6.29. The molecule has 9 heteroatoms. The standard InChI is InChI=1S/C12H23N5O3S/c1-3-15-4-6-16(7-5-15)12-10(21(2,19)20)11(13)17(14-12)8-9-18/h18H,3-9,13H2,1-2H3. The summed E-state index contributed by atoms with van der Waals surface area (Å²) in [5, 5.41) is 13.3. The van der Waals surface area contributed by atoms with E-state index in [-0.39, 0.29) is 23.9 Å². The van der Waals surface area contributed by atoms with E-state index in [0.29, 0.717) is 18.9 Å². The fourth-order valence-electron chi connectivity index (χ4n) is 2.55. The molecular weight excluding hydrogens is 294 g/mol. The van der Waals surface area contributed by atoms with Gasteiger partial charge in [0.25, 0.3) is 0 Å². The Kier molecular flexibility index (Phi) is 4.74. The van der Waals surface area contributed by atoms with Crippen molar-refractivity contribution in [3.05, 3.63) is 0 Å². The SMILES string of the molecule is CCN1CCN(c2nn(CCO)c(N)c2S(C)(=O)=O)CC1. The molecule has 2 rings (SSSR count). The third kappa shape index (κ3) is 3.30. The molecule has 21 heavy (non-hydrogen) atoms. The van der Waals surface area contributed by atoms with Gasteiger partial charge >= 0.3 is 0 Å². The molecule has 0 saturated carbocycles. The van der Waals surface area contributed by atoms with Crippen LogP contribution in [0.25, 0.3) is 0 Å². The summed E-state index contributed by atoms with van der Waals surface area (Å²) in [4.78, 5) is 4.32. The van der Waals surface area contributed by atoms with Crippen molar-refractivity contribution in [2.45, 2.75) is 18.4 Å². The van der Waals surface area contributed by atoms with E-state index in [1.807, 2.05) is 4.90 Å². The lowest BCUT2D eigenvalue weighted by molar-refractivity contribution is 0.266. The number of likely N-dealkylation sites (N-methyl/N-ethyl adjacent to an activating group) is 1. The maximum atomic E-state index is 12.0. The number of nitrogen functional groups attached to an aromatic ring is 1. The molecule has 1 fully saturated rings. The van der Waals surface area contributed by atoms with Crippen molar-refractivity contribution in [3.63, 3.8) is 0 Å². The van der Waals surface area contributed by atoms with Crippen LogP contribution in [0.4, 0.5) is 11.6 Å². The van der Waals surface area contributed by atoms with Crippen LogP contribution >= 0.6 is 0 Å². The van der Waals surface area contributed by atoms with Crippen molar-refractivity contribution in [1.29, 1.82) is 0 Å². The molecule has 0 bridgehead atoms. The van der Waals surface area contributed by atoms with Crippen LogP contribution in [0.3, 0.4) is 0 Å². The molecule has 1 aliphatic heterocycles. The van der Waals surface area contributed by atoms with Gasteiger partial charge in [-0.1, -0.05) is 6.92 Å². The molecule has 1 aromatic heterocycles. The molecule has 3 N–H and O–H groups in total. The lowest BCUT2D eigenvalue weighted by Gasteiger charge is -2.34. The number of anilines is 2. The Morgan fingerprint density at radius 3 is 2.38 bits per heavy atom. The largest absolute Gasteiger partial charge is 0.394 e. The monoisotopic (exact) mass is 317 g/mol. The predicted molar refractivity (Wildman–Crippen MR) is 81.2 cm³/mol. The zero-order chi connectivity index (χ0) is 15.6. The highest BCUT2D eigenvalue weighted by molar-refractivity contribution is 7.91. The van der Waals surface area contributed by atoms with Crippen LogP contribution in [0.5, 0.6) is 0 Å². The first-order valence-corrected chi connectivity index (χ1v) is 8.92. The highest BCUT2D eigenvalue weighted by atomic mass is 32.2. The fourth-order valence-corrected chi connectivity index (χ4v) is 3.54. The summed E-state index contributed by atoms with van der Waals surface area (Å²) < 4.78 is 25.4. The topological polar surface area (TPSA) is 105 Å². The number of piperazine rings is 1. The number of aliphatic hydroxyl groups is 1. The van der Waals surface area contributed by atoms with E-state index in [1.54, 1.807) is 0 Å². The maximum absolute atomic E-state index is 12.0. The minimum atomic E-state index is -3.48. The zero-order valence-corrected chi connectivity index (χ0v) is 13.3. The average molecular weight is 317 g/mol. The molecule has 1 aliphatic rings. The van der Waals surface area contributed by atoms with Crippen LogP contribution in [0.1, 0.15) is 6.92 Å². The first-order chi connectivity index (χ1) is 9.88. The van der Waals surface area contributed by atoms with E-state index in [4.69, 9.17) is 10.8 Å². The molecule has 0 radical (unpaired) electrons. The Morgan fingerprint density at radius 2 is 1.90 bits per heavy atom. The molecular formula is C12H23N5O3S. The molecule has 120 valence electrons. The van der Waals surface area contributed by atoms with Gasteiger partial charge in [0.1, 0.15) is 5.82 Å². The minimum Gasteiger partial charge on any atom is -0.394 e. The van der Waals surface area contributed by atoms with Crippen molar-refractivity contribution in [1.82, 2.24) is 14.7 Å². The van der Waals surface area contributed by atoms with E-state index in [0.717, 1.165) is 25.9 Å². The van der Waals surface area contributed by atoms with Crippen LogP contribution in [0.2, 0.25) is 0 Å². The number of rotatable bonds is 5. The van der Waals surface area contributed by atoms with Gasteiger partial charge in [-0.3, -0.25) is 0 Å². The Bertz CT molecular complexity index is 590. The second-order valence-corrected chi connectivity index (χ2v) is 7.13. The van der Waals surface area contributed by atoms with Gasteiger partial charge in [0.15, 0.2) is 20.6 Å². The van der Waals surface area contributed by atoms with Gasteiger partial charge in [0, 0.05) is 32.4 Å². The summed E-state index contributed by atoms with van der Waals surface area (Å²) in [5.74, 6) is 0.499. The number of hydrogen-bond acceptors (Lipinski definition) is 7. The van der Waals surface area contributed by atoms with Crippen molar-refractivity contribution >= 4 is 21.5 Å². The molecule has 0 unspecified atom stereocenters. The van der Waals surface area contributed by atoms with Gasteiger partial charge in [0.2, 0.25) is 0 Å². The van der Waals surface area contributed by atoms with E-state index in [2.05, 4.69) is 16.9 Å². The number of sulfone groups is 1. The lowest BCUT2D eigenvalue weighted by atomic mass is 10.3. The van der Waals surface area contributed by atoms with Crippen molar-refractivity contribution in [2.24, 2.45) is 0 Å². The third-order valence-corrected chi connectivity index (χ3v) is 4.86. The normalized spacial score (nSPS) is 17.4. The molecule has 1 aromatic rings. The molecule has 1 saturated heterocycles. The number of aliphatic hydroxyl groups excluding tert-OH is 1. The Labute approximate surface area is 125 Å². The van der Waals surface area contributed by atoms with Crippen molar-refractivity contribution in [3.8, 4) is 0 Å². The quantitative estimate of drug-likeness (QED) is 0.718. The van der Waals surface area contributed by atoms with E-state index in [9.17, 15) is 8.42 Å². The first kappa shape index (κ1) is 16.1. The summed E-state index contributed by atoms with van der Waals surface area (Å²) in [6, 6.07) is 0.